The molecule has 0 bridgehead atoms. The minimum absolute atomic E-state index is 0.00437. The summed E-state index contributed by atoms with van der Waals surface area (Å²) in [5.41, 5.74) is 5.66. The van der Waals surface area contributed by atoms with E-state index in [-0.39, 0.29) is 12.1 Å². The predicted molar refractivity (Wildman–Crippen MR) is 43.6 cm³/mol. The van der Waals surface area contributed by atoms with Gasteiger partial charge in [-0.15, -0.1) is 0 Å². The lowest BCUT2D eigenvalue weighted by molar-refractivity contribution is 0.526. The predicted octanol–water partition coefficient (Wildman–Crippen LogP) is -0.585. The van der Waals surface area contributed by atoms with Gasteiger partial charge in [0.1, 0.15) is 0 Å². The van der Waals surface area contributed by atoms with Crippen LogP contribution in [-0.4, -0.2) is 26.8 Å². The summed E-state index contributed by atoms with van der Waals surface area (Å²) >= 11 is 0. The fraction of sp³-hybridized carbons (Fsp3) is 1.00. The Bertz CT molecular complexity index is 225. The zero-order valence-corrected chi connectivity index (χ0v) is 7.39. The van der Waals surface area contributed by atoms with Crippen LogP contribution in [0.1, 0.15) is 19.3 Å². The Labute approximate surface area is 67.2 Å². The molecular weight excluding hydrogens is 164 g/mol. The quantitative estimate of drug-likeness (QED) is 0.594. The standard InChI is InChI=1S/C6H14N2O2S/c1-11(9,10)8-6-4-2-3-5(6)7/h5-6,8H,2-4,7H2,1H3. The van der Waals surface area contributed by atoms with Gasteiger partial charge >= 0.3 is 0 Å². The summed E-state index contributed by atoms with van der Waals surface area (Å²) in [6.07, 6.45) is 3.98. The van der Waals surface area contributed by atoms with E-state index >= 15 is 0 Å². The summed E-state index contributed by atoms with van der Waals surface area (Å²) < 4.78 is 24.0. The van der Waals surface area contributed by atoms with Crippen molar-refractivity contribution in [3.05, 3.63) is 0 Å². The van der Waals surface area contributed by atoms with Crippen LogP contribution in [0.4, 0.5) is 0 Å². The summed E-state index contributed by atoms with van der Waals surface area (Å²) in [6, 6.07) is -0.0327. The van der Waals surface area contributed by atoms with Crippen molar-refractivity contribution >= 4 is 10.0 Å². The van der Waals surface area contributed by atoms with E-state index < -0.39 is 10.0 Å². The molecule has 0 aliphatic heterocycles. The summed E-state index contributed by atoms with van der Waals surface area (Å²) in [6.45, 7) is 0. The molecule has 1 fully saturated rings. The van der Waals surface area contributed by atoms with Crippen molar-refractivity contribution in [1.29, 1.82) is 0 Å². The zero-order valence-electron chi connectivity index (χ0n) is 6.58. The molecule has 1 rings (SSSR count). The van der Waals surface area contributed by atoms with E-state index in [2.05, 4.69) is 4.72 Å². The average Bonchev–Trinajstić information content (AvgIpc) is 2.12. The first kappa shape index (κ1) is 8.96. The SMILES string of the molecule is CS(=O)(=O)NC1CCCC1N. The van der Waals surface area contributed by atoms with E-state index in [1.54, 1.807) is 0 Å². The zero-order chi connectivity index (χ0) is 8.48. The fourth-order valence-electron chi connectivity index (χ4n) is 1.41. The molecule has 2 atom stereocenters. The maximum atomic E-state index is 10.8. The Hall–Kier alpha value is -0.130. The minimum atomic E-state index is -3.07. The molecule has 0 radical (unpaired) electrons. The second kappa shape index (κ2) is 3.08. The van der Waals surface area contributed by atoms with Crippen molar-refractivity contribution in [2.45, 2.75) is 31.3 Å². The normalized spacial score (nSPS) is 32.5. The molecule has 0 amide bonds. The molecule has 0 spiro atoms. The van der Waals surface area contributed by atoms with E-state index in [0.717, 1.165) is 25.5 Å². The highest BCUT2D eigenvalue weighted by molar-refractivity contribution is 7.88. The van der Waals surface area contributed by atoms with E-state index in [1.165, 1.54) is 0 Å². The topological polar surface area (TPSA) is 72.2 Å². The summed E-state index contributed by atoms with van der Waals surface area (Å²) in [4.78, 5) is 0. The smallest absolute Gasteiger partial charge is 0.209 e. The molecule has 0 aromatic heterocycles. The lowest BCUT2D eigenvalue weighted by Crippen LogP contribution is -2.43. The van der Waals surface area contributed by atoms with Gasteiger partial charge < -0.3 is 5.73 Å². The van der Waals surface area contributed by atoms with Gasteiger partial charge in [0, 0.05) is 12.1 Å². The summed E-state index contributed by atoms with van der Waals surface area (Å²) in [7, 11) is -3.07. The Balaban J connectivity index is 2.50. The first-order chi connectivity index (χ1) is 4.99. The van der Waals surface area contributed by atoms with Crippen molar-refractivity contribution in [3.8, 4) is 0 Å². The highest BCUT2D eigenvalue weighted by Gasteiger charge is 2.25. The maximum Gasteiger partial charge on any atom is 0.209 e. The summed E-state index contributed by atoms with van der Waals surface area (Å²) in [5.74, 6) is 0. The molecule has 4 nitrogen and oxygen atoms in total. The van der Waals surface area contributed by atoms with Gasteiger partial charge in [-0.1, -0.05) is 6.42 Å². The van der Waals surface area contributed by atoms with Crippen LogP contribution in [0.5, 0.6) is 0 Å². The van der Waals surface area contributed by atoms with Crippen LogP contribution in [0.3, 0.4) is 0 Å². The van der Waals surface area contributed by atoms with Crippen LogP contribution in [0.2, 0.25) is 0 Å². The number of hydrogen-bond acceptors (Lipinski definition) is 3. The molecule has 11 heavy (non-hydrogen) atoms. The van der Waals surface area contributed by atoms with E-state index in [4.69, 9.17) is 5.73 Å². The van der Waals surface area contributed by atoms with Crippen molar-refractivity contribution in [2.75, 3.05) is 6.26 Å². The van der Waals surface area contributed by atoms with Gasteiger partial charge in [-0.3, -0.25) is 0 Å². The summed E-state index contributed by atoms with van der Waals surface area (Å²) in [5, 5.41) is 0. The molecule has 0 saturated heterocycles. The number of sulfonamides is 1. The minimum Gasteiger partial charge on any atom is -0.326 e. The Morgan fingerprint density at radius 3 is 2.45 bits per heavy atom. The molecule has 1 aliphatic rings. The van der Waals surface area contributed by atoms with Crippen molar-refractivity contribution in [3.63, 3.8) is 0 Å². The van der Waals surface area contributed by atoms with Crippen molar-refractivity contribution in [2.24, 2.45) is 5.73 Å². The van der Waals surface area contributed by atoms with Crippen LogP contribution < -0.4 is 10.5 Å². The van der Waals surface area contributed by atoms with Crippen LogP contribution in [0, 0.1) is 0 Å². The second-order valence-corrected chi connectivity index (χ2v) is 4.87. The monoisotopic (exact) mass is 178 g/mol. The maximum absolute atomic E-state index is 10.8. The van der Waals surface area contributed by atoms with E-state index in [9.17, 15) is 8.42 Å². The lowest BCUT2D eigenvalue weighted by Gasteiger charge is -2.14. The highest BCUT2D eigenvalue weighted by Crippen LogP contribution is 2.17. The van der Waals surface area contributed by atoms with Crippen molar-refractivity contribution in [1.82, 2.24) is 4.72 Å². The molecule has 0 aromatic carbocycles. The molecule has 2 unspecified atom stereocenters. The molecule has 5 heteroatoms. The highest BCUT2D eigenvalue weighted by atomic mass is 32.2. The third kappa shape index (κ3) is 2.76. The third-order valence-electron chi connectivity index (χ3n) is 1.93. The average molecular weight is 178 g/mol. The van der Waals surface area contributed by atoms with Gasteiger partial charge in [0.2, 0.25) is 10.0 Å². The lowest BCUT2D eigenvalue weighted by atomic mass is 10.2. The van der Waals surface area contributed by atoms with Crippen LogP contribution in [0.25, 0.3) is 0 Å². The Morgan fingerprint density at radius 1 is 1.45 bits per heavy atom. The first-order valence-corrected chi connectivity index (χ1v) is 5.61. The van der Waals surface area contributed by atoms with Gasteiger partial charge in [0.25, 0.3) is 0 Å². The second-order valence-electron chi connectivity index (χ2n) is 3.09. The number of rotatable bonds is 2. The van der Waals surface area contributed by atoms with Gasteiger partial charge in [-0.2, -0.15) is 0 Å². The molecular formula is C6H14N2O2S. The molecule has 3 N–H and O–H groups in total. The number of hydrogen-bond donors (Lipinski definition) is 2. The fourth-order valence-corrected chi connectivity index (χ4v) is 2.25. The molecule has 0 aromatic rings. The van der Waals surface area contributed by atoms with Crippen molar-refractivity contribution < 1.29 is 8.42 Å². The van der Waals surface area contributed by atoms with Gasteiger partial charge in [-0.25, -0.2) is 13.1 Å². The largest absolute Gasteiger partial charge is 0.326 e. The number of nitrogens with one attached hydrogen (secondary N) is 1. The van der Waals surface area contributed by atoms with Gasteiger partial charge in [-0.05, 0) is 12.8 Å². The van der Waals surface area contributed by atoms with E-state index in [1.807, 2.05) is 0 Å². The Kier molecular flexibility index (Phi) is 2.51. The van der Waals surface area contributed by atoms with Crippen LogP contribution in [-0.2, 0) is 10.0 Å². The van der Waals surface area contributed by atoms with E-state index in [0.29, 0.717) is 0 Å². The Morgan fingerprint density at radius 2 is 2.09 bits per heavy atom. The third-order valence-corrected chi connectivity index (χ3v) is 2.67. The molecule has 0 heterocycles. The molecule has 66 valence electrons. The van der Waals surface area contributed by atoms with Crippen LogP contribution >= 0.6 is 0 Å². The molecule has 1 aliphatic carbocycles. The van der Waals surface area contributed by atoms with Gasteiger partial charge in [0.05, 0.1) is 6.26 Å². The first-order valence-electron chi connectivity index (χ1n) is 3.72. The molecule has 1 saturated carbocycles. The number of nitrogens with two attached hydrogens (primary N) is 1. The van der Waals surface area contributed by atoms with Gasteiger partial charge in [0.15, 0.2) is 0 Å². The van der Waals surface area contributed by atoms with Crippen LogP contribution in [0.15, 0.2) is 0 Å².